The van der Waals surface area contributed by atoms with Crippen molar-refractivity contribution in [1.82, 2.24) is 5.32 Å². The molecule has 7 nitrogen and oxygen atoms in total. The van der Waals surface area contributed by atoms with Crippen molar-refractivity contribution in [3.63, 3.8) is 0 Å². The molecule has 0 bridgehead atoms. The minimum Gasteiger partial charge on any atom is -0.388 e. The Hall–Kier alpha value is -1.70. The van der Waals surface area contributed by atoms with Crippen molar-refractivity contribution in [3.05, 3.63) is 38.9 Å². The molecule has 19 heavy (non-hydrogen) atoms. The largest absolute Gasteiger partial charge is 0.388 e. The molecule has 1 rings (SSSR count). The number of nitro groups is 1. The van der Waals surface area contributed by atoms with Crippen LogP contribution in [0.15, 0.2) is 18.2 Å². The lowest BCUT2D eigenvalue weighted by atomic mass is 10.0. The highest BCUT2D eigenvalue weighted by Crippen LogP contribution is 2.33. The molecule has 1 amide bonds. The number of halogens is 1. The van der Waals surface area contributed by atoms with Crippen molar-refractivity contribution in [2.75, 3.05) is 6.54 Å². The normalized spacial score (nSPS) is 13.7. The average Bonchev–Trinajstić information content (AvgIpc) is 2.34. The zero-order valence-corrected chi connectivity index (χ0v) is 10.8. The van der Waals surface area contributed by atoms with E-state index in [9.17, 15) is 25.1 Å². The number of carbonyl (C=O) groups excluding carboxylic acids is 1. The summed E-state index contributed by atoms with van der Waals surface area (Å²) in [6, 6.07) is 3.92. The van der Waals surface area contributed by atoms with E-state index in [1.807, 2.05) is 0 Å². The highest BCUT2D eigenvalue weighted by molar-refractivity contribution is 6.31. The van der Waals surface area contributed by atoms with Gasteiger partial charge in [0.15, 0.2) is 0 Å². The Bertz CT molecular complexity index is 494. The molecule has 2 unspecified atom stereocenters. The fraction of sp³-hybridized carbons (Fsp3) is 0.364. The van der Waals surface area contributed by atoms with Crippen LogP contribution in [0.4, 0.5) is 5.69 Å². The fourth-order valence-electron chi connectivity index (χ4n) is 1.53. The number of benzene rings is 1. The summed E-state index contributed by atoms with van der Waals surface area (Å²) in [7, 11) is 0. The number of carbonyl (C=O) groups is 1. The molecule has 0 aliphatic heterocycles. The fourth-order valence-corrected chi connectivity index (χ4v) is 1.81. The Morgan fingerprint density at radius 3 is 2.68 bits per heavy atom. The SMILES string of the molecule is CC(=O)NCC(O)C(O)c1c(Cl)cccc1[N+](=O)[O-]. The monoisotopic (exact) mass is 288 g/mol. The molecule has 0 saturated heterocycles. The lowest BCUT2D eigenvalue weighted by Gasteiger charge is -2.19. The van der Waals surface area contributed by atoms with Gasteiger partial charge in [0.2, 0.25) is 5.91 Å². The first kappa shape index (κ1) is 15.4. The van der Waals surface area contributed by atoms with Crippen molar-refractivity contribution in [2.45, 2.75) is 19.1 Å². The van der Waals surface area contributed by atoms with E-state index in [1.165, 1.54) is 25.1 Å². The Labute approximate surface area is 114 Å². The molecule has 104 valence electrons. The molecule has 0 saturated carbocycles. The maximum atomic E-state index is 10.9. The standard InChI is InChI=1S/C11H13ClN2O5/c1-6(15)13-5-9(16)11(17)10-7(12)3-2-4-8(10)14(18)19/h2-4,9,11,16-17H,5H2,1H3,(H,13,15). The second kappa shape index (κ2) is 6.46. The molecule has 1 aromatic rings. The lowest BCUT2D eigenvalue weighted by molar-refractivity contribution is -0.386. The number of aliphatic hydroxyl groups is 2. The van der Waals surface area contributed by atoms with Crippen LogP contribution in [-0.2, 0) is 4.79 Å². The Morgan fingerprint density at radius 1 is 1.53 bits per heavy atom. The molecule has 0 spiro atoms. The van der Waals surface area contributed by atoms with E-state index in [-0.39, 0.29) is 28.7 Å². The number of aliphatic hydroxyl groups excluding tert-OH is 2. The summed E-state index contributed by atoms with van der Waals surface area (Å²) >= 11 is 5.81. The molecule has 8 heteroatoms. The smallest absolute Gasteiger partial charge is 0.276 e. The van der Waals surface area contributed by atoms with Gasteiger partial charge >= 0.3 is 0 Å². The predicted octanol–water partition coefficient (Wildman–Crippen LogP) is 0.779. The van der Waals surface area contributed by atoms with Crippen molar-refractivity contribution >= 4 is 23.2 Å². The van der Waals surface area contributed by atoms with E-state index in [2.05, 4.69) is 5.32 Å². The van der Waals surface area contributed by atoms with Crippen LogP contribution in [0.25, 0.3) is 0 Å². The minimum absolute atomic E-state index is 0.0245. The molecule has 0 heterocycles. The lowest BCUT2D eigenvalue weighted by Crippen LogP contribution is -2.34. The Morgan fingerprint density at radius 2 is 2.16 bits per heavy atom. The zero-order chi connectivity index (χ0) is 14.6. The first-order valence-electron chi connectivity index (χ1n) is 5.38. The summed E-state index contributed by atoms with van der Waals surface area (Å²) in [5, 5.41) is 32.8. The van der Waals surface area contributed by atoms with Gasteiger partial charge in [-0.05, 0) is 6.07 Å². The first-order valence-corrected chi connectivity index (χ1v) is 5.75. The molecule has 0 radical (unpaired) electrons. The second-order valence-corrected chi connectivity index (χ2v) is 4.29. The highest BCUT2D eigenvalue weighted by atomic mass is 35.5. The second-order valence-electron chi connectivity index (χ2n) is 3.88. The predicted molar refractivity (Wildman–Crippen MR) is 67.8 cm³/mol. The van der Waals surface area contributed by atoms with Gasteiger partial charge in [0.25, 0.3) is 5.69 Å². The van der Waals surface area contributed by atoms with Gasteiger partial charge in [0, 0.05) is 19.5 Å². The number of nitro benzene ring substituents is 1. The maximum absolute atomic E-state index is 10.9. The molecule has 0 aliphatic carbocycles. The van der Waals surface area contributed by atoms with Crippen molar-refractivity contribution in [1.29, 1.82) is 0 Å². The molecule has 0 fully saturated rings. The van der Waals surface area contributed by atoms with Crippen molar-refractivity contribution in [2.24, 2.45) is 0 Å². The van der Waals surface area contributed by atoms with Crippen LogP contribution >= 0.6 is 11.6 Å². The third-order valence-electron chi connectivity index (χ3n) is 2.45. The van der Waals surface area contributed by atoms with Crippen molar-refractivity contribution < 1.29 is 19.9 Å². The zero-order valence-electron chi connectivity index (χ0n) is 10.0. The molecule has 3 N–H and O–H groups in total. The van der Waals surface area contributed by atoms with E-state index in [0.717, 1.165) is 0 Å². The van der Waals surface area contributed by atoms with Crippen LogP contribution in [0.3, 0.4) is 0 Å². The maximum Gasteiger partial charge on any atom is 0.276 e. The van der Waals surface area contributed by atoms with Gasteiger partial charge in [-0.1, -0.05) is 17.7 Å². The number of nitrogens with zero attached hydrogens (tertiary/aromatic N) is 1. The number of hydrogen-bond acceptors (Lipinski definition) is 5. The van der Waals surface area contributed by atoms with E-state index < -0.39 is 17.1 Å². The van der Waals surface area contributed by atoms with Gasteiger partial charge < -0.3 is 15.5 Å². The third kappa shape index (κ3) is 3.88. The molecule has 0 aromatic heterocycles. The summed E-state index contributed by atoms with van der Waals surface area (Å²) in [6.07, 6.45) is -2.97. The van der Waals surface area contributed by atoms with Crippen LogP contribution in [0, 0.1) is 10.1 Å². The van der Waals surface area contributed by atoms with Crippen molar-refractivity contribution in [3.8, 4) is 0 Å². The van der Waals surface area contributed by atoms with Gasteiger partial charge in [-0.2, -0.15) is 0 Å². The highest BCUT2D eigenvalue weighted by Gasteiger charge is 2.28. The summed E-state index contributed by atoms with van der Waals surface area (Å²) in [5.41, 5.74) is -0.561. The average molecular weight is 289 g/mol. The van der Waals surface area contributed by atoms with Gasteiger partial charge in [0.05, 0.1) is 15.5 Å². The first-order chi connectivity index (χ1) is 8.84. The van der Waals surface area contributed by atoms with Gasteiger partial charge in [-0.25, -0.2) is 0 Å². The third-order valence-corrected chi connectivity index (χ3v) is 2.78. The van der Waals surface area contributed by atoms with Gasteiger partial charge in [0.1, 0.15) is 12.2 Å². The molecule has 0 aliphatic rings. The Balaban J connectivity index is 3.01. The molecular formula is C11H13ClN2O5. The number of nitrogens with one attached hydrogen (secondary N) is 1. The summed E-state index contributed by atoms with van der Waals surface area (Å²) in [4.78, 5) is 20.9. The van der Waals surface area contributed by atoms with Gasteiger partial charge in [-0.3, -0.25) is 14.9 Å². The molecular weight excluding hydrogens is 276 g/mol. The number of rotatable bonds is 5. The summed E-state index contributed by atoms with van der Waals surface area (Å²) in [5.74, 6) is -0.389. The quantitative estimate of drug-likeness (QED) is 0.547. The van der Waals surface area contributed by atoms with Crippen LogP contribution in [0.1, 0.15) is 18.6 Å². The minimum atomic E-state index is -1.57. The molecule has 1 aromatic carbocycles. The van der Waals surface area contributed by atoms with Crippen LogP contribution in [0.5, 0.6) is 0 Å². The number of hydrogen-bond donors (Lipinski definition) is 3. The summed E-state index contributed by atoms with van der Waals surface area (Å²) < 4.78 is 0. The van der Waals surface area contributed by atoms with Crippen LogP contribution < -0.4 is 5.32 Å². The topological polar surface area (TPSA) is 113 Å². The van der Waals surface area contributed by atoms with Crippen LogP contribution in [-0.4, -0.2) is 33.7 Å². The van der Waals surface area contributed by atoms with E-state index in [4.69, 9.17) is 11.6 Å². The van der Waals surface area contributed by atoms with Crippen LogP contribution in [0.2, 0.25) is 5.02 Å². The van der Waals surface area contributed by atoms with Gasteiger partial charge in [-0.15, -0.1) is 0 Å². The Kier molecular flexibility index (Phi) is 5.22. The summed E-state index contributed by atoms with van der Waals surface area (Å²) in [6.45, 7) is 1.01. The van der Waals surface area contributed by atoms with E-state index in [0.29, 0.717) is 0 Å². The molecule has 2 atom stereocenters. The van der Waals surface area contributed by atoms with E-state index >= 15 is 0 Å². The van der Waals surface area contributed by atoms with E-state index in [1.54, 1.807) is 0 Å². The number of amides is 1.